The van der Waals surface area contributed by atoms with Gasteiger partial charge in [-0.1, -0.05) is 58.4 Å². The third-order valence-corrected chi connectivity index (χ3v) is 5.04. The van der Waals surface area contributed by atoms with Crippen LogP contribution >= 0.6 is 15.9 Å². The van der Waals surface area contributed by atoms with E-state index in [1.807, 2.05) is 12.1 Å². The molecule has 24 heavy (non-hydrogen) atoms. The molecule has 1 fully saturated rings. The molecule has 1 amide bonds. The van der Waals surface area contributed by atoms with E-state index in [9.17, 15) is 9.59 Å². The summed E-state index contributed by atoms with van der Waals surface area (Å²) in [6.07, 6.45) is 2.95. The summed E-state index contributed by atoms with van der Waals surface area (Å²) in [7, 11) is 0. The van der Waals surface area contributed by atoms with Crippen LogP contribution in [0.4, 0.5) is 0 Å². The minimum atomic E-state index is -0.419. The number of amides is 1. The molecule has 1 aliphatic heterocycles. The first kappa shape index (κ1) is 16.9. The molecule has 4 heteroatoms. The van der Waals surface area contributed by atoms with Gasteiger partial charge in [0, 0.05) is 23.1 Å². The van der Waals surface area contributed by atoms with Gasteiger partial charge in [-0.3, -0.25) is 9.59 Å². The van der Waals surface area contributed by atoms with Gasteiger partial charge in [0.05, 0.1) is 0 Å². The molecule has 0 saturated carbocycles. The van der Waals surface area contributed by atoms with Gasteiger partial charge in [-0.2, -0.15) is 0 Å². The topological polar surface area (TPSA) is 37.4 Å². The number of nitrogens with zero attached hydrogens (tertiary/aromatic N) is 1. The second kappa shape index (κ2) is 7.75. The summed E-state index contributed by atoms with van der Waals surface area (Å²) in [5, 5.41) is 0. The summed E-state index contributed by atoms with van der Waals surface area (Å²) in [5.41, 5.74) is 1.79. The lowest BCUT2D eigenvalue weighted by atomic mass is 9.90. The lowest BCUT2D eigenvalue weighted by Crippen LogP contribution is -2.42. The van der Waals surface area contributed by atoms with Crippen molar-refractivity contribution in [1.29, 1.82) is 0 Å². The zero-order valence-electron chi connectivity index (χ0n) is 13.5. The maximum absolute atomic E-state index is 12.4. The van der Waals surface area contributed by atoms with Crippen molar-refractivity contribution in [3.05, 3.63) is 70.2 Å². The summed E-state index contributed by atoms with van der Waals surface area (Å²) >= 11 is 3.34. The molecular formula is C20H20BrNO2. The molecule has 0 aliphatic carbocycles. The predicted octanol–water partition coefficient (Wildman–Crippen LogP) is 4.11. The maximum atomic E-state index is 12.4. The van der Waals surface area contributed by atoms with Crippen LogP contribution < -0.4 is 0 Å². The second-order valence-corrected chi connectivity index (χ2v) is 7.18. The highest BCUT2D eigenvalue weighted by Crippen LogP contribution is 2.22. The highest BCUT2D eigenvalue weighted by molar-refractivity contribution is 9.10. The molecule has 0 bridgehead atoms. The number of likely N-dealkylation sites (tertiary alicyclic amines) is 1. The summed E-state index contributed by atoms with van der Waals surface area (Å²) in [5.74, 6) is -0.221. The minimum Gasteiger partial charge on any atom is -0.336 e. The number of carbonyl (C=O) groups excluding carboxylic acids is 2. The summed E-state index contributed by atoms with van der Waals surface area (Å²) in [6, 6.07) is 17.4. The van der Waals surface area contributed by atoms with Crippen molar-refractivity contribution >= 4 is 27.6 Å². The molecule has 3 nitrogen and oxygen atoms in total. The molecule has 2 aromatic rings. The first-order valence-corrected chi connectivity index (χ1v) is 9.06. The predicted molar refractivity (Wildman–Crippen MR) is 97.9 cm³/mol. The fourth-order valence-electron chi connectivity index (χ4n) is 3.18. The number of Topliss-reactive ketones (excluding diaryl/α,β-unsaturated/α-hetero) is 1. The van der Waals surface area contributed by atoms with Crippen LogP contribution in [0.3, 0.4) is 0 Å². The Morgan fingerprint density at radius 2 is 1.71 bits per heavy atom. The second-order valence-electron chi connectivity index (χ2n) is 6.26. The van der Waals surface area contributed by atoms with Gasteiger partial charge in [0.2, 0.25) is 5.78 Å². The van der Waals surface area contributed by atoms with E-state index in [4.69, 9.17) is 0 Å². The molecule has 0 unspecified atom stereocenters. The van der Waals surface area contributed by atoms with E-state index in [1.54, 1.807) is 23.1 Å². The van der Waals surface area contributed by atoms with E-state index in [1.165, 1.54) is 5.56 Å². The van der Waals surface area contributed by atoms with E-state index in [0.29, 0.717) is 24.6 Å². The Kier molecular flexibility index (Phi) is 5.46. The van der Waals surface area contributed by atoms with Crippen LogP contribution in [0.25, 0.3) is 0 Å². The smallest absolute Gasteiger partial charge is 0.294 e. The summed E-state index contributed by atoms with van der Waals surface area (Å²) in [6.45, 7) is 1.33. The normalized spacial score (nSPS) is 15.3. The molecule has 0 radical (unpaired) electrons. The molecule has 3 rings (SSSR count). The van der Waals surface area contributed by atoms with Crippen LogP contribution in [0.5, 0.6) is 0 Å². The van der Waals surface area contributed by atoms with Gasteiger partial charge in [0.25, 0.3) is 5.91 Å². The molecule has 0 N–H and O–H groups in total. The fourth-order valence-corrected chi connectivity index (χ4v) is 3.58. The molecule has 1 aliphatic rings. The zero-order chi connectivity index (χ0) is 16.9. The number of ketones is 1. The number of hydrogen-bond acceptors (Lipinski definition) is 2. The number of carbonyl (C=O) groups is 2. The summed E-state index contributed by atoms with van der Waals surface area (Å²) < 4.78 is 0.808. The largest absolute Gasteiger partial charge is 0.336 e. The lowest BCUT2D eigenvalue weighted by molar-refractivity contribution is -0.127. The van der Waals surface area contributed by atoms with Gasteiger partial charge in [0.1, 0.15) is 0 Å². The molecule has 0 atom stereocenters. The van der Waals surface area contributed by atoms with Gasteiger partial charge in [0.15, 0.2) is 0 Å². The molecule has 1 heterocycles. The molecule has 2 aromatic carbocycles. The highest BCUT2D eigenvalue weighted by atomic mass is 79.9. The molecular weight excluding hydrogens is 366 g/mol. The Bertz CT molecular complexity index is 721. The average Bonchev–Trinajstić information content (AvgIpc) is 2.62. The number of piperidine rings is 1. The Hall–Kier alpha value is -1.94. The number of benzene rings is 2. The van der Waals surface area contributed by atoms with Gasteiger partial charge >= 0.3 is 0 Å². The summed E-state index contributed by atoms with van der Waals surface area (Å²) in [4.78, 5) is 26.5. The average molecular weight is 386 g/mol. The first-order chi connectivity index (χ1) is 11.6. The van der Waals surface area contributed by atoms with E-state index < -0.39 is 5.78 Å². The Morgan fingerprint density at radius 1 is 1.00 bits per heavy atom. The van der Waals surface area contributed by atoms with Crippen LogP contribution in [0.2, 0.25) is 0 Å². The van der Waals surface area contributed by atoms with E-state index in [2.05, 4.69) is 40.2 Å². The number of hydrogen-bond donors (Lipinski definition) is 0. The maximum Gasteiger partial charge on any atom is 0.294 e. The van der Waals surface area contributed by atoms with Crippen molar-refractivity contribution in [1.82, 2.24) is 4.90 Å². The molecule has 0 aromatic heterocycles. The highest BCUT2D eigenvalue weighted by Gasteiger charge is 2.27. The first-order valence-electron chi connectivity index (χ1n) is 8.26. The van der Waals surface area contributed by atoms with Crippen LogP contribution in [-0.4, -0.2) is 29.7 Å². The van der Waals surface area contributed by atoms with Crippen molar-refractivity contribution in [3.8, 4) is 0 Å². The molecule has 1 saturated heterocycles. The van der Waals surface area contributed by atoms with Gasteiger partial charge in [-0.25, -0.2) is 0 Å². The van der Waals surface area contributed by atoms with Gasteiger partial charge < -0.3 is 4.90 Å². The van der Waals surface area contributed by atoms with Crippen molar-refractivity contribution in [2.45, 2.75) is 19.3 Å². The van der Waals surface area contributed by atoms with Crippen LogP contribution in [0.15, 0.2) is 59.1 Å². The fraction of sp³-hybridized carbons (Fsp3) is 0.300. The van der Waals surface area contributed by atoms with Gasteiger partial charge in [-0.15, -0.1) is 0 Å². The van der Waals surface area contributed by atoms with Crippen LogP contribution in [-0.2, 0) is 11.2 Å². The van der Waals surface area contributed by atoms with Crippen molar-refractivity contribution in [2.24, 2.45) is 5.92 Å². The number of rotatable bonds is 4. The third kappa shape index (κ3) is 4.12. The monoisotopic (exact) mass is 385 g/mol. The van der Waals surface area contributed by atoms with Crippen LogP contribution in [0, 0.1) is 5.92 Å². The van der Waals surface area contributed by atoms with Crippen molar-refractivity contribution in [3.63, 3.8) is 0 Å². The SMILES string of the molecule is O=C(C(=O)N1CCC(Cc2ccccc2)CC1)c1cccc(Br)c1. The standard InChI is InChI=1S/C20H20BrNO2/c21-18-8-4-7-17(14-18)19(23)20(24)22-11-9-16(10-12-22)13-15-5-2-1-3-6-15/h1-8,14,16H,9-13H2. The van der Waals surface area contributed by atoms with Crippen molar-refractivity contribution in [2.75, 3.05) is 13.1 Å². The molecule has 0 spiro atoms. The van der Waals surface area contributed by atoms with E-state index in [-0.39, 0.29) is 5.91 Å². The lowest BCUT2D eigenvalue weighted by Gasteiger charge is -2.31. The molecule has 124 valence electrons. The Balaban J connectivity index is 1.56. The number of halogens is 1. The van der Waals surface area contributed by atoms with Crippen LogP contribution in [0.1, 0.15) is 28.8 Å². The zero-order valence-corrected chi connectivity index (χ0v) is 15.0. The van der Waals surface area contributed by atoms with E-state index in [0.717, 1.165) is 23.7 Å². The third-order valence-electron chi connectivity index (χ3n) is 4.55. The Morgan fingerprint density at radius 3 is 2.38 bits per heavy atom. The quantitative estimate of drug-likeness (QED) is 0.586. The van der Waals surface area contributed by atoms with Crippen molar-refractivity contribution < 1.29 is 9.59 Å². The Labute approximate surface area is 150 Å². The minimum absolute atomic E-state index is 0.383. The van der Waals surface area contributed by atoms with E-state index >= 15 is 0 Å². The van der Waals surface area contributed by atoms with Gasteiger partial charge in [-0.05, 0) is 42.9 Å².